The Kier molecular flexibility index (Phi) is 4.99. The SMILES string of the molecule is N#Cc1ccccc1NC(=O)CN1CCN(c2cc(C3CC3)ncn2)CC1. The molecule has 1 aliphatic carbocycles. The number of rotatable bonds is 5. The Labute approximate surface area is 158 Å². The highest BCUT2D eigenvalue weighted by Gasteiger charge is 2.26. The summed E-state index contributed by atoms with van der Waals surface area (Å²) in [6, 6.07) is 11.3. The average Bonchev–Trinajstić information content (AvgIpc) is 3.54. The number of carbonyl (C=O) groups excluding carboxylic acids is 1. The highest BCUT2D eigenvalue weighted by molar-refractivity contribution is 5.93. The molecule has 0 bridgehead atoms. The van der Waals surface area contributed by atoms with Crippen molar-refractivity contribution in [2.75, 3.05) is 42.9 Å². The molecule has 7 nitrogen and oxygen atoms in total. The lowest BCUT2D eigenvalue weighted by Crippen LogP contribution is -2.49. The number of anilines is 2. The topological polar surface area (TPSA) is 85.2 Å². The summed E-state index contributed by atoms with van der Waals surface area (Å²) in [4.78, 5) is 25.5. The third-order valence-electron chi connectivity index (χ3n) is 5.05. The van der Waals surface area contributed by atoms with Gasteiger partial charge in [-0.05, 0) is 25.0 Å². The fourth-order valence-electron chi connectivity index (χ4n) is 3.35. The van der Waals surface area contributed by atoms with Gasteiger partial charge in [-0.15, -0.1) is 0 Å². The van der Waals surface area contributed by atoms with Crippen LogP contribution in [0.1, 0.15) is 30.0 Å². The van der Waals surface area contributed by atoms with Crippen LogP contribution >= 0.6 is 0 Å². The molecule has 1 saturated heterocycles. The Bertz CT molecular complexity index is 865. The van der Waals surface area contributed by atoms with Crippen LogP contribution < -0.4 is 10.2 Å². The minimum Gasteiger partial charge on any atom is -0.354 e. The molecule has 1 amide bonds. The number of amides is 1. The Hall–Kier alpha value is -2.98. The van der Waals surface area contributed by atoms with Crippen LogP contribution in [0.15, 0.2) is 36.7 Å². The number of aromatic nitrogens is 2. The molecule has 0 unspecified atom stereocenters. The van der Waals surface area contributed by atoms with E-state index in [1.54, 1.807) is 24.5 Å². The molecular weight excluding hydrogens is 340 g/mol. The van der Waals surface area contributed by atoms with Gasteiger partial charge in [0, 0.05) is 43.9 Å². The molecule has 138 valence electrons. The summed E-state index contributed by atoms with van der Waals surface area (Å²) in [6.07, 6.45) is 4.12. The van der Waals surface area contributed by atoms with Crippen molar-refractivity contribution in [3.63, 3.8) is 0 Å². The van der Waals surface area contributed by atoms with E-state index in [9.17, 15) is 4.79 Å². The number of nitrogens with zero attached hydrogens (tertiary/aromatic N) is 5. The maximum absolute atomic E-state index is 12.3. The number of nitrogens with one attached hydrogen (secondary N) is 1. The molecule has 1 aromatic carbocycles. The van der Waals surface area contributed by atoms with Crippen LogP contribution in [0.4, 0.5) is 11.5 Å². The predicted molar refractivity (Wildman–Crippen MR) is 102 cm³/mol. The van der Waals surface area contributed by atoms with Crippen molar-refractivity contribution < 1.29 is 4.79 Å². The molecule has 4 rings (SSSR count). The summed E-state index contributed by atoms with van der Waals surface area (Å²) in [5.74, 6) is 1.51. The van der Waals surface area contributed by atoms with Gasteiger partial charge >= 0.3 is 0 Å². The Morgan fingerprint density at radius 1 is 1.19 bits per heavy atom. The van der Waals surface area contributed by atoms with Crippen LogP contribution in [0.3, 0.4) is 0 Å². The number of carbonyl (C=O) groups is 1. The zero-order valence-electron chi connectivity index (χ0n) is 15.1. The molecular formula is C20H22N6O. The van der Waals surface area contributed by atoms with Crippen molar-refractivity contribution in [3.05, 3.63) is 47.9 Å². The minimum absolute atomic E-state index is 0.0933. The molecule has 0 atom stereocenters. The number of piperazine rings is 1. The Morgan fingerprint density at radius 3 is 2.70 bits per heavy atom. The van der Waals surface area contributed by atoms with E-state index in [0.29, 0.717) is 23.7 Å². The average molecular weight is 362 g/mol. The summed E-state index contributed by atoms with van der Waals surface area (Å²) in [7, 11) is 0. The first-order valence-corrected chi connectivity index (χ1v) is 9.31. The fourth-order valence-corrected chi connectivity index (χ4v) is 3.35. The van der Waals surface area contributed by atoms with Gasteiger partial charge in [0.25, 0.3) is 0 Å². The van der Waals surface area contributed by atoms with Crippen molar-refractivity contribution in [1.29, 1.82) is 5.26 Å². The monoisotopic (exact) mass is 362 g/mol. The second-order valence-electron chi connectivity index (χ2n) is 7.04. The smallest absolute Gasteiger partial charge is 0.238 e. The molecule has 2 fully saturated rings. The molecule has 27 heavy (non-hydrogen) atoms. The maximum atomic E-state index is 12.3. The number of benzene rings is 1. The number of nitriles is 1. The van der Waals surface area contributed by atoms with E-state index in [0.717, 1.165) is 37.7 Å². The Morgan fingerprint density at radius 2 is 1.96 bits per heavy atom. The molecule has 0 spiro atoms. The predicted octanol–water partition coefficient (Wildman–Crippen LogP) is 1.99. The molecule has 1 saturated carbocycles. The van der Waals surface area contributed by atoms with Crippen LogP contribution in [-0.2, 0) is 4.79 Å². The van der Waals surface area contributed by atoms with Gasteiger partial charge in [-0.25, -0.2) is 9.97 Å². The van der Waals surface area contributed by atoms with Crippen molar-refractivity contribution in [1.82, 2.24) is 14.9 Å². The van der Waals surface area contributed by atoms with Crippen LogP contribution in [0, 0.1) is 11.3 Å². The maximum Gasteiger partial charge on any atom is 0.238 e. The summed E-state index contributed by atoms with van der Waals surface area (Å²) >= 11 is 0. The quantitative estimate of drug-likeness (QED) is 0.875. The fraction of sp³-hybridized carbons (Fsp3) is 0.400. The van der Waals surface area contributed by atoms with Crippen LogP contribution in [0.2, 0.25) is 0 Å². The third-order valence-corrected chi connectivity index (χ3v) is 5.05. The lowest BCUT2D eigenvalue weighted by atomic mass is 10.2. The largest absolute Gasteiger partial charge is 0.354 e. The molecule has 2 heterocycles. The van der Waals surface area contributed by atoms with E-state index in [1.165, 1.54) is 12.8 Å². The van der Waals surface area contributed by atoms with Gasteiger partial charge in [0.15, 0.2) is 0 Å². The van der Waals surface area contributed by atoms with E-state index in [1.807, 2.05) is 6.07 Å². The lowest BCUT2D eigenvalue weighted by molar-refractivity contribution is -0.117. The number of hydrogen-bond acceptors (Lipinski definition) is 6. The first kappa shape index (κ1) is 17.4. The molecule has 1 aromatic heterocycles. The lowest BCUT2D eigenvalue weighted by Gasteiger charge is -2.35. The van der Waals surface area contributed by atoms with Gasteiger partial charge in [-0.1, -0.05) is 12.1 Å². The standard InChI is InChI=1S/C20H22N6O/c21-12-16-3-1-2-4-17(16)24-20(27)13-25-7-9-26(10-8-25)19-11-18(15-5-6-15)22-14-23-19/h1-4,11,14-15H,5-10,13H2,(H,24,27). The van der Waals surface area contributed by atoms with Crippen LogP contribution in [-0.4, -0.2) is 53.5 Å². The Balaban J connectivity index is 1.30. The zero-order chi connectivity index (χ0) is 18.6. The van der Waals surface area contributed by atoms with Gasteiger partial charge < -0.3 is 10.2 Å². The number of para-hydroxylation sites is 1. The van der Waals surface area contributed by atoms with E-state index in [4.69, 9.17) is 5.26 Å². The molecule has 0 radical (unpaired) electrons. The summed E-state index contributed by atoms with van der Waals surface area (Å²) in [5.41, 5.74) is 2.20. The third kappa shape index (κ3) is 4.23. The molecule has 2 aromatic rings. The van der Waals surface area contributed by atoms with Gasteiger partial charge in [-0.2, -0.15) is 5.26 Å². The van der Waals surface area contributed by atoms with Crippen molar-refractivity contribution in [3.8, 4) is 6.07 Å². The van der Waals surface area contributed by atoms with E-state index in [2.05, 4.69) is 37.2 Å². The summed E-state index contributed by atoms with van der Waals surface area (Å²) in [5, 5.41) is 12.0. The first-order valence-electron chi connectivity index (χ1n) is 9.31. The summed E-state index contributed by atoms with van der Waals surface area (Å²) < 4.78 is 0. The molecule has 2 aliphatic rings. The van der Waals surface area contributed by atoms with Gasteiger partial charge in [0.2, 0.25) is 5.91 Å². The van der Waals surface area contributed by atoms with Crippen molar-refractivity contribution >= 4 is 17.4 Å². The minimum atomic E-state index is -0.0933. The normalized spacial score (nSPS) is 17.4. The van der Waals surface area contributed by atoms with Crippen LogP contribution in [0.25, 0.3) is 0 Å². The van der Waals surface area contributed by atoms with Crippen molar-refractivity contribution in [2.24, 2.45) is 0 Å². The highest BCUT2D eigenvalue weighted by Crippen LogP contribution is 2.39. The second-order valence-corrected chi connectivity index (χ2v) is 7.04. The van der Waals surface area contributed by atoms with E-state index in [-0.39, 0.29) is 5.91 Å². The first-order chi connectivity index (χ1) is 13.2. The van der Waals surface area contributed by atoms with Gasteiger partial charge in [-0.3, -0.25) is 9.69 Å². The highest BCUT2D eigenvalue weighted by atomic mass is 16.2. The summed E-state index contributed by atoms with van der Waals surface area (Å²) in [6.45, 7) is 3.60. The van der Waals surface area contributed by atoms with Gasteiger partial charge in [0.05, 0.1) is 17.8 Å². The van der Waals surface area contributed by atoms with Crippen LogP contribution in [0.5, 0.6) is 0 Å². The number of hydrogen-bond donors (Lipinski definition) is 1. The van der Waals surface area contributed by atoms with Gasteiger partial charge in [0.1, 0.15) is 18.2 Å². The van der Waals surface area contributed by atoms with E-state index >= 15 is 0 Å². The second kappa shape index (κ2) is 7.72. The molecule has 1 N–H and O–H groups in total. The zero-order valence-corrected chi connectivity index (χ0v) is 15.1. The molecule has 1 aliphatic heterocycles. The van der Waals surface area contributed by atoms with E-state index < -0.39 is 0 Å². The molecule has 7 heteroatoms. The van der Waals surface area contributed by atoms with Crippen molar-refractivity contribution in [2.45, 2.75) is 18.8 Å².